The molecule has 12 heteroatoms. The zero-order chi connectivity index (χ0) is 23.3. The molecule has 2 rings (SSSR count). The number of aromatic nitrogens is 2. The van der Waals surface area contributed by atoms with Crippen LogP contribution in [0.2, 0.25) is 0 Å². The Bertz CT molecular complexity index is 939. The second-order valence-corrected chi connectivity index (χ2v) is 6.27. The number of benzene rings is 1. The molecule has 0 fully saturated rings. The van der Waals surface area contributed by atoms with Gasteiger partial charge < -0.3 is 36.2 Å². The van der Waals surface area contributed by atoms with Gasteiger partial charge >= 0.3 is 12.0 Å². The quantitative estimate of drug-likeness (QED) is 0.199. The van der Waals surface area contributed by atoms with Gasteiger partial charge in [0.05, 0.1) is 12.1 Å². The fourth-order valence-corrected chi connectivity index (χ4v) is 2.38. The Morgan fingerprint density at radius 1 is 1.19 bits per heavy atom. The molecule has 32 heavy (non-hydrogen) atoms. The first-order valence-electron chi connectivity index (χ1n) is 9.53. The maximum Gasteiger partial charge on any atom is 0.328 e. The van der Waals surface area contributed by atoms with Gasteiger partial charge in [0.25, 0.3) is 5.91 Å². The molecule has 0 aliphatic heterocycles. The topological polar surface area (TPSA) is 175 Å². The number of phenols is 1. The number of hydrogen-bond donors (Lipinski definition) is 6. The Hall–Kier alpha value is -4.35. The van der Waals surface area contributed by atoms with Crippen molar-refractivity contribution in [1.29, 1.82) is 0 Å². The van der Waals surface area contributed by atoms with Gasteiger partial charge in [0.1, 0.15) is 24.1 Å². The first-order valence-corrected chi connectivity index (χ1v) is 9.53. The number of carbonyl (C=O) groups is 3. The van der Waals surface area contributed by atoms with Gasteiger partial charge in [-0.15, -0.1) is 6.58 Å². The molecule has 0 bridgehead atoms. The van der Waals surface area contributed by atoms with Crippen molar-refractivity contribution in [2.75, 3.05) is 31.6 Å². The van der Waals surface area contributed by atoms with E-state index >= 15 is 0 Å². The van der Waals surface area contributed by atoms with Gasteiger partial charge in [-0.1, -0.05) is 6.08 Å². The lowest BCUT2D eigenvalue weighted by Crippen LogP contribution is -2.51. The number of ether oxygens (including phenoxy) is 1. The summed E-state index contributed by atoms with van der Waals surface area (Å²) in [5.41, 5.74) is -0.0755. The second-order valence-electron chi connectivity index (χ2n) is 6.27. The largest absolute Gasteiger partial charge is 0.507 e. The predicted molar refractivity (Wildman–Crippen MR) is 115 cm³/mol. The van der Waals surface area contributed by atoms with Crippen molar-refractivity contribution >= 4 is 23.9 Å². The summed E-state index contributed by atoms with van der Waals surface area (Å²) in [6, 6.07) is 3.71. The molecule has 2 aromatic rings. The van der Waals surface area contributed by atoms with E-state index in [0.29, 0.717) is 18.2 Å². The van der Waals surface area contributed by atoms with Gasteiger partial charge in [-0.05, 0) is 18.2 Å². The number of rotatable bonds is 12. The number of carboxylic acid groups (broad SMARTS) is 1. The summed E-state index contributed by atoms with van der Waals surface area (Å²) in [6.45, 7) is 3.87. The number of hydrogen-bond acceptors (Lipinski definition) is 8. The van der Waals surface area contributed by atoms with E-state index in [-0.39, 0.29) is 31.0 Å². The van der Waals surface area contributed by atoms with Crippen LogP contribution in [0, 0.1) is 0 Å². The highest BCUT2D eigenvalue weighted by Crippen LogP contribution is 2.23. The highest BCUT2D eigenvalue weighted by molar-refractivity contribution is 5.97. The Balaban J connectivity index is 1.84. The van der Waals surface area contributed by atoms with Crippen LogP contribution in [0.1, 0.15) is 10.4 Å². The van der Waals surface area contributed by atoms with Crippen molar-refractivity contribution in [3.05, 3.63) is 54.9 Å². The van der Waals surface area contributed by atoms with E-state index in [0.717, 1.165) is 0 Å². The molecule has 0 aliphatic carbocycles. The monoisotopic (exact) mass is 444 g/mol. The van der Waals surface area contributed by atoms with E-state index in [9.17, 15) is 24.6 Å². The van der Waals surface area contributed by atoms with Crippen molar-refractivity contribution < 1.29 is 29.3 Å². The van der Waals surface area contributed by atoms with Crippen LogP contribution in [-0.2, 0) is 4.79 Å². The van der Waals surface area contributed by atoms with Crippen molar-refractivity contribution in [3.8, 4) is 11.5 Å². The van der Waals surface area contributed by atoms with Crippen LogP contribution in [-0.4, -0.2) is 70.4 Å². The maximum absolute atomic E-state index is 12.3. The van der Waals surface area contributed by atoms with Gasteiger partial charge in [-0.2, -0.15) is 0 Å². The summed E-state index contributed by atoms with van der Waals surface area (Å²) in [6.07, 6.45) is 4.64. The number of aliphatic carboxylic acids is 1. The SMILES string of the molecule is C=CCNC(=O)N[C@@H](CNC(=O)c1ccc(OCCNc2ncccn2)cc1O)C(=O)O. The summed E-state index contributed by atoms with van der Waals surface area (Å²) in [5, 5.41) is 29.2. The Kier molecular flexibility index (Phi) is 9.25. The lowest BCUT2D eigenvalue weighted by Gasteiger charge is -2.16. The minimum atomic E-state index is -1.37. The number of anilines is 1. The Morgan fingerprint density at radius 3 is 2.59 bits per heavy atom. The highest BCUT2D eigenvalue weighted by atomic mass is 16.5. The smallest absolute Gasteiger partial charge is 0.328 e. The normalized spacial score (nSPS) is 11.0. The van der Waals surface area contributed by atoms with Gasteiger partial charge in [-0.25, -0.2) is 19.6 Å². The third kappa shape index (κ3) is 7.82. The van der Waals surface area contributed by atoms with E-state index in [1.54, 1.807) is 18.5 Å². The minimum Gasteiger partial charge on any atom is -0.507 e. The van der Waals surface area contributed by atoms with Crippen LogP contribution in [0.5, 0.6) is 11.5 Å². The van der Waals surface area contributed by atoms with Crippen molar-refractivity contribution in [2.24, 2.45) is 0 Å². The molecule has 0 saturated carbocycles. The van der Waals surface area contributed by atoms with Gasteiger partial charge in [0.2, 0.25) is 5.95 Å². The first kappa shape index (κ1) is 23.9. The molecule has 0 aliphatic rings. The van der Waals surface area contributed by atoms with Crippen LogP contribution >= 0.6 is 0 Å². The Morgan fingerprint density at radius 2 is 1.94 bits per heavy atom. The number of nitrogens with one attached hydrogen (secondary N) is 4. The summed E-state index contributed by atoms with van der Waals surface area (Å²) in [5.74, 6) is -1.60. The summed E-state index contributed by atoms with van der Waals surface area (Å²) in [4.78, 5) is 43.2. The molecule has 1 aromatic carbocycles. The number of nitrogens with zero attached hydrogens (tertiary/aromatic N) is 2. The molecule has 0 saturated heterocycles. The fraction of sp³-hybridized carbons (Fsp3) is 0.250. The molecule has 1 heterocycles. The van der Waals surface area contributed by atoms with Crippen molar-refractivity contribution in [3.63, 3.8) is 0 Å². The van der Waals surface area contributed by atoms with Crippen LogP contribution in [0.4, 0.5) is 10.7 Å². The number of phenolic OH excluding ortho intramolecular Hbond substituents is 1. The van der Waals surface area contributed by atoms with Crippen molar-refractivity contribution in [2.45, 2.75) is 6.04 Å². The maximum atomic E-state index is 12.3. The predicted octanol–water partition coefficient (Wildman–Crippen LogP) is 0.341. The molecule has 1 aromatic heterocycles. The second kappa shape index (κ2) is 12.4. The third-order valence-electron chi connectivity index (χ3n) is 3.91. The number of carboxylic acids is 1. The molecule has 1 atom stereocenters. The molecule has 6 N–H and O–H groups in total. The summed E-state index contributed by atoms with van der Waals surface area (Å²) in [7, 11) is 0. The summed E-state index contributed by atoms with van der Waals surface area (Å²) < 4.78 is 5.50. The van der Waals surface area contributed by atoms with Gasteiger partial charge in [0.15, 0.2) is 0 Å². The molecule has 12 nitrogen and oxygen atoms in total. The standard InChI is InChI=1S/C20H24N6O6/c1-2-6-24-20(31)26-15(18(29)30)12-25-17(28)14-5-4-13(11-16(14)27)32-10-9-23-19-21-7-3-8-22-19/h2-5,7-8,11,15,27H,1,6,9-10,12H2,(H,25,28)(H,29,30)(H,21,22,23)(H2,24,26,31)/t15-/m0/s1. The molecule has 170 valence electrons. The van der Waals surface area contributed by atoms with Crippen LogP contribution < -0.4 is 26.0 Å². The van der Waals surface area contributed by atoms with E-state index in [1.165, 1.54) is 24.3 Å². The zero-order valence-electron chi connectivity index (χ0n) is 17.1. The summed E-state index contributed by atoms with van der Waals surface area (Å²) >= 11 is 0. The number of aromatic hydroxyl groups is 1. The van der Waals surface area contributed by atoms with Gasteiger partial charge in [-0.3, -0.25) is 4.79 Å². The third-order valence-corrected chi connectivity index (χ3v) is 3.91. The average molecular weight is 444 g/mol. The molecular formula is C20H24N6O6. The lowest BCUT2D eigenvalue weighted by atomic mass is 10.1. The molecule has 0 radical (unpaired) electrons. The van der Waals surface area contributed by atoms with Crippen LogP contribution in [0.25, 0.3) is 0 Å². The molecule has 0 spiro atoms. The Labute approximate surface area is 183 Å². The van der Waals surface area contributed by atoms with Crippen molar-refractivity contribution in [1.82, 2.24) is 25.9 Å². The van der Waals surface area contributed by atoms with Crippen LogP contribution in [0.3, 0.4) is 0 Å². The molecule has 0 unspecified atom stereocenters. The average Bonchev–Trinajstić information content (AvgIpc) is 2.78. The lowest BCUT2D eigenvalue weighted by molar-refractivity contribution is -0.139. The molecule has 3 amide bonds. The number of amides is 3. The van der Waals surface area contributed by atoms with E-state index in [4.69, 9.17) is 4.74 Å². The van der Waals surface area contributed by atoms with E-state index in [1.807, 2.05) is 0 Å². The van der Waals surface area contributed by atoms with E-state index < -0.39 is 23.9 Å². The zero-order valence-corrected chi connectivity index (χ0v) is 17.1. The van der Waals surface area contributed by atoms with Gasteiger partial charge in [0, 0.05) is 31.5 Å². The van der Waals surface area contributed by atoms with E-state index in [2.05, 4.69) is 37.8 Å². The first-order chi connectivity index (χ1) is 15.4. The number of urea groups is 1. The van der Waals surface area contributed by atoms with Crippen LogP contribution in [0.15, 0.2) is 49.3 Å². The number of carbonyl (C=O) groups excluding carboxylic acids is 2. The fourth-order valence-electron chi connectivity index (χ4n) is 2.38. The minimum absolute atomic E-state index is 0.0755. The molecular weight excluding hydrogens is 420 g/mol. The highest BCUT2D eigenvalue weighted by Gasteiger charge is 2.21.